The van der Waals surface area contributed by atoms with Gasteiger partial charge in [0, 0.05) is 13.1 Å². The van der Waals surface area contributed by atoms with Crippen LogP contribution in [-0.2, 0) is 0 Å². The number of piperidine rings is 1. The second-order valence-corrected chi connectivity index (χ2v) is 6.41. The van der Waals surface area contributed by atoms with E-state index >= 15 is 0 Å². The zero-order chi connectivity index (χ0) is 13.2. The van der Waals surface area contributed by atoms with Crippen LogP contribution in [0.4, 0.5) is 5.82 Å². The molecule has 0 aliphatic carbocycles. The third-order valence-electron chi connectivity index (χ3n) is 3.89. The van der Waals surface area contributed by atoms with Crippen LogP contribution in [0.3, 0.4) is 0 Å². The first-order chi connectivity index (χ1) is 9.28. The van der Waals surface area contributed by atoms with Crippen LogP contribution in [-0.4, -0.2) is 23.1 Å². The van der Waals surface area contributed by atoms with E-state index in [1.54, 1.807) is 11.3 Å². The van der Waals surface area contributed by atoms with Gasteiger partial charge >= 0.3 is 0 Å². The van der Waals surface area contributed by atoms with Gasteiger partial charge < -0.3 is 4.90 Å². The molecule has 3 nitrogen and oxygen atoms in total. The van der Waals surface area contributed by atoms with Crippen molar-refractivity contribution >= 4 is 39.0 Å². The average molecular weight is 296 g/mol. The van der Waals surface area contributed by atoms with E-state index in [0.717, 1.165) is 35.0 Å². The number of halogens is 1. The summed E-state index contributed by atoms with van der Waals surface area (Å²) < 4.78 is 0. The molecular weight excluding hydrogens is 278 g/mol. The van der Waals surface area contributed by atoms with Crippen LogP contribution >= 0.6 is 22.9 Å². The Morgan fingerprint density at radius 3 is 2.89 bits per heavy atom. The molecule has 0 saturated carbocycles. The highest BCUT2D eigenvalue weighted by Gasteiger charge is 2.21. The zero-order valence-corrected chi connectivity index (χ0v) is 12.7. The molecule has 0 aromatic carbocycles. The molecule has 2 aromatic rings. The molecular formula is C14H18ClN3S. The fraction of sp³-hybridized carbons (Fsp3) is 0.571. The molecule has 0 N–H and O–H groups in total. The largest absolute Gasteiger partial charge is 0.356 e. The predicted octanol–water partition coefficient (Wildman–Crippen LogP) is 4.36. The van der Waals surface area contributed by atoms with Crippen molar-refractivity contribution in [1.82, 2.24) is 9.97 Å². The maximum atomic E-state index is 6.04. The molecule has 19 heavy (non-hydrogen) atoms. The molecule has 2 aromatic heterocycles. The summed E-state index contributed by atoms with van der Waals surface area (Å²) in [6.45, 7) is 4.44. The molecule has 1 aliphatic rings. The van der Waals surface area contributed by atoms with Crippen molar-refractivity contribution in [2.45, 2.75) is 32.6 Å². The second kappa shape index (κ2) is 5.63. The predicted molar refractivity (Wildman–Crippen MR) is 82.3 cm³/mol. The Morgan fingerprint density at radius 2 is 2.16 bits per heavy atom. The van der Waals surface area contributed by atoms with Gasteiger partial charge in [-0.2, -0.15) is 4.98 Å². The van der Waals surface area contributed by atoms with E-state index in [2.05, 4.69) is 33.2 Å². The van der Waals surface area contributed by atoms with Crippen LogP contribution in [0.5, 0.6) is 0 Å². The summed E-state index contributed by atoms with van der Waals surface area (Å²) in [7, 11) is 0. The molecule has 1 saturated heterocycles. The lowest BCUT2D eigenvalue weighted by Gasteiger charge is -2.33. The molecule has 0 atom stereocenters. The van der Waals surface area contributed by atoms with Gasteiger partial charge in [0.05, 0.1) is 5.39 Å². The van der Waals surface area contributed by atoms with E-state index in [0.29, 0.717) is 5.28 Å². The number of nitrogens with zero attached hydrogens (tertiary/aromatic N) is 3. The highest BCUT2D eigenvalue weighted by atomic mass is 35.5. The topological polar surface area (TPSA) is 29.0 Å². The summed E-state index contributed by atoms with van der Waals surface area (Å²) in [6.07, 6.45) is 5.17. The highest BCUT2D eigenvalue weighted by molar-refractivity contribution is 7.16. The zero-order valence-electron chi connectivity index (χ0n) is 11.1. The van der Waals surface area contributed by atoms with Crippen molar-refractivity contribution < 1.29 is 0 Å². The standard InChI is InChI=1S/C14H18ClN3S/c1-2-3-10-4-7-18(8-5-10)12-11-6-9-19-13(11)17-14(15)16-12/h6,9-10H,2-5,7-8H2,1H3. The lowest BCUT2D eigenvalue weighted by molar-refractivity contribution is 0.377. The van der Waals surface area contributed by atoms with E-state index < -0.39 is 0 Å². The number of hydrogen-bond acceptors (Lipinski definition) is 4. The third kappa shape index (κ3) is 2.70. The first-order valence-corrected chi connectivity index (χ1v) is 8.19. The Morgan fingerprint density at radius 1 is 1.37 bits per heavy atom. The Labute approximate surface area is 122 Å². The fourth-order valence-corrected chi connectivity index (χ4v) is 3.87. The molecule has 0 bridgehead atoms. The number of hydrogen-bond donors (Lipinski definition) is 0. The highest BCUT2D eigenvalue weighted by Crippen LogP contribution is 2.32. The summed E-state index contributed by atoms with van der Waals surface area (Å²) in [6, 6.07) is 2.10. The van der Waals surface area contributed by atoms with Gasteiger partial charge in [0.1, 0.15) is 10.6 Å². The monoisotopic (exact) mass is 295 g/mol. The lowest BCUT2D eigenvalue weighted by atomic mass is 9.92. The van der Waals surface area contributed by atoms with Crippen molar-refractivity contribution in [3.63, 3.8) is 0 Å². The maximum absolute atomic E-state index is 6.04. The average Bonchev–Trinajstić information content (AvgIpc) is 2.87. The van der Waals surface area contributed by atoms with Crippen molar-refractivity contribution in [3.8, 4) is 0 Å². The Bertz CT molecular complexity index is 561. The van der Waals surface area contributed by atoms with Crippen molar-refractivity contribution in [3.05, 3.63) is 16.7 Å². The van der Waals surface area contributed by atoms with Gasteiger partial charge in [-0.05, 0) is 41.8 Å². The van der Waals surface area contributed by atoms with E-state index in [1.807, 2.05) is 0 Å². The Balaban J connectivity index is 1.83. The van der Waals surface area contributed by atoms with Crippen molar-refractivity contribution in [2.24, 2.45) is 5.92 Å². The SMILES string of the molecule is CCCC1CCN(c2nc(Cl)nc3sccc23)CC1. The summed E-state index contributed by atoms with van der Waals surface area (Å²) >= 11 is 7.66. The molecule has 5 heteroatoms. The summed E-state index contributed by atoms with van der Waals surface area (Å²) in [4.78, 5) is 12.1. The van der Waals surface area contributed by atoms with E-state index in [-0.39, 0.29) is 0 Å². The molecule has 0 spiro atoms. The molecule has 0 amide bonds. The number of thiophene rings is 1. The summed E-state index contributed by atoms with van der Waals surface area (Å²) in [5, 5.41) is 3.56. The molecule has 3 heterocycles. The van der Waals surface area contributed by atoms with Gasteiger partial charge in [0.2, 0.25) is 5.28 Å². The van der Waals surface area contributed by atoms with Crippen LogP contribution in [0.1, 0.15) is 32.6 Å². The summed E-state index contributed by atoms with van der Waals surface area (Å²) in [5.41, 5.74) is 0. The van der Waals surface area contributed by atoms with Gasteiger partial charge in [-0.15, -0.1) is 11.3 Å². The first-order valence-electron chi connectivity index (χ1n) is 6.93. The van der Waals surface area contributed by atoms with Crippen LogP contribution in [0.25, 0.3) is 10.2 Å². The molecule has 0 unspecified atom stereocenters. The molecule has 1 aliphatic heterocycles. The normalized spacial score (nSPS) is 17.3. The van der Waals surface area contributed by atoms with Crippen molar-refractivity contribution in [1.29, 1.82) is 0 Å². The Kier molecular flexibility index (Phi) is 3.89. The smallest absolute Gasteiger partial charge is 0.225 e. The minimum absolute atomic E-state index is 0.362. The third-order valence-corrected chi connectivity index (χ3v) is 4.86. The van der Waals surface area contributed by atoms with E-state index in [9.17, 15) is 0 Å². The van der Waals surface area contributed by atoms with Crippen LogP contribution in [0, 0.1) is 5.92 Å². The fourth-order valence-electron chi connectivity index (χ4n) is 2.90. The van der Waals surface area contributed by atoms with Gasteiger partial charge in [-0.1, -0.05) is 19.8 Å². The summed E-state index contributed by atoms with van der Waals surface area (Å²) in [5.74, 6) is 1.91. The van der Waals surface area contributed by atoms with Crippen molar-refractivity contribution in [2.75, 3.05) is 18.0 Å². The Hall–Kier alpha value is -0.870. The van der Waals surface area contributed by atoms with E-state index in [1.165, 1.54) is 25.7 Å². The molecule has 1 fully saturated rings. The molecule has 0 radical (unpaired) electrons. The molecule has 3 rings (SSSR count). The van der Waals surface area contributed by atoms with Crippen LogP contribution in [0.15, 0.2) is 11.4 Å². The minimum Gasteiger partial charge on any atom is -0.356 e. The number of anilines is 1. The van der Waals surface area contributed by atoms with Gasteiger partial charge in [0.25, 0.3) is 0 Å². The van der Waals surface area contributed by atoms with Gasteiger partial charge in [-0.3, -0.25) is 0 Å². The number of aromatic nitrogens is 2. The van der Waals surface area contributed by atoms with Gasteiger partial charge in [-0.25, -0.2) is 4.98 Å². The number of fused-ring (bicyclic) bond motifs is 1. The first kappa shape index (κ1) is 13.1. The maximum Gasteiger partial charge on any atom is 0.225 e. The minimum atomic E-state index is 0.362. The molecule has 102 valence electrons. The quantitative estimate of drug-likeness (QED) is 0.788. The lowest BCUT2D eigenvalue weighted by Crippen LogP contribution is -2.34. The number of rotatable bonds is 3. The van der Waals surface area contributed by atoms with Gasteiger partial charge in [0.15, 0.2) is 0 Å². The van der Waals surface area contributed by atoms with Crippen LogP contribution in [0.2, 0.25) is 5.28 Å². The second-order valence-electron chi connectivity index (χ2n) is 5.17. The van der Waals surface area contributed by atoms with Crippen LogP contribution < -0.4 is 4.90 Å². The van der Waals surface area contributed by atoms with E-state index in [4.69, 9.17) is 11.6 Å².